The van der Waals surface area contributed by atoms with Gasteiger partial charge in [-0.3, -0.25) is 9.59 Å². The Labute approximate surface area is 180 Å². The summed E-state index contributed by atoms with van der Waals surface area (Å²) in [4.78, 5) is 34.4. The van der Waals surface area contributed by atoms with Crippen molar-refractivity contribution in [2.45, 2.75) is 45.8 Å². The molecule has 0 saturated heterocycles. The Kier molecular flexibility index (Phi) is 13.2. The fourth-order valence-corrected chi connectivity index (χ4v) is 1.90. The van der Waals surface area contributed by atoms with Crippen LogP contribution in [0.4, 0.5) is 4.79 Å². The standard InChI is InChI=1S/C17H22ClNO6.Na/c1-3-5-15(20)23-12(2)24-17(22)19-11-4-6-16(21)25-14-9-7-13(18)8-10-14;/h7-10,12H,3-6,11H2,1-2H3,(H,19,22);/q;+1. The van der Waals surface area contributed by atoms with Crippen molar-refractivity contribution in [3.63, 3.8) is 0 Å². The minimum absolute atomic E-state index is 0. The van der Waals surface area contributed by atoms with Crippen molar-refractivity contribution in [2.75, 3.05) is 6.54 Å². The van der Waals surface area contributed by atoms with E-state index in [1.807, 2.05) is 6.92 Å². The van der Waals surface area contributed by atoms with Crippen LogP contribution in [0.25, 0.3) is 0 Å². The van der Waals surface area contributed by atoms with Gasteiger partial charge < -0.3 is 19.5 Å². The van der Waals surface area contributed by atoms with Crippen LogP contribution in [0.15, 0.2) is 24.3 Å². The molecule has 0 bridgehead atoms. The largest absolute Gasteiger partial charge is 1.00 e. The van der Waals surface area contributed by atoms with Crippen molar-refractivity contribution in [3.8, 4) is 5.75 Å². The van der Waals surface area contributed by atoms with Crippen LogP contribution in [-0.2, 0) is 19.1 Å². The number of alkyl carbamates (subject to hydrolysis) is 1. The van der Waals surface area contributed by atoms with E-state index >= 15 is 0 Å². The first kappa shape index (κ1) is 24.7. The molecule has 26 heavy (non-hydrogen) atoms. The average molecular weight is 395 g/mol. The molecular weight excluding hydrogens is 373 g/mol. The molecule has 1 rings (SSSR count). The minimum atomic E-state index is -0.964. The summed E-state index contributed by atoms with van der Waals surface area (Å²) >= 11 is 5.74. The van der Waals surface area contributed by atoms with Gasteiger partial charge in [0, 0.05) is 31.3 Å². The SMILES string of the molecule is CCCC(=O)OC(C)OC(=O)NCCCC(=O)Oc1ccc(Cl)cc1.[Na+]. The van der Waals surface area contributed by atoms with E-state index in [1.165, 1.54) is 6.92 Å². The van der Waals surface area contributed by atoms with Crippen LogP contribution in [0.1, 0.15) is 39.5 Å². The fourth-order valence-electron chi connectivity index (χ4n) is 1.77. The van der Waals surface area contributed by atoms with Crippen molar-refractivity contribution in [2.24, 2.45) is 0 Å². The topological polar surface area (TPSA) is 90.9 Å². The van der Waals surface area contributed by atoms with Gasteiger partial charge in [0.05, 0.1) is 0 Å². The zero-order valence-corrected chi connectivity index (χ0v) is 18.0. The maximum atomic E-state index is 11.6. The minimum Gasteiger partial charge on any atom is -0.427 e. The summed E-state index contributed by atoms with van der Waals surface area (Å²) in [5, 5.41) is 3.02. The first-order valence-electron chi connectivity index (χ1n) is 8.01. The molecule has 0 aliphatic rings. The van der Waals surface area contributed by atoms with E-state index in [0.29, 0.717) is 23.6 Å². The van der Waals surface area contributed by atoms with Gasteiger partial charge in [0.25, 0.3) is 0 Å². The number of nitrogens with one attached hydrogen (secondary N) is 1. The van der Waals surface area contributed by atoms with Crippen LogP contribution in [-0.4, -0.2) is 30.9 Å². The molecule has 0 aliphatic heterocycles. The zero-order valence-electron chi connectivity index (χ0n) is 15.2. The van der Waals surface area contributed by atoms with Crippen LogP contribution in [0.5, 0.6) is 5.75 Å². The van der Waals surface area contributed by atoms with Gasteiger partial charge in [-0.25, -0.2) is 4.79 Å². The maximum absolute atomic E-state index is 11.6. The predicted octanol–water partition coefficient (Wildman–Crippen LogP) is 0.445. The van der Waals surface area contributed by atoms with E-state index in [0.717, 1.165) is 0 Å². The third kappa shape index (κ3) is 11.4. The number of ether oxygens (including phenoxy) is 3. The van der Waals surface area contributed by atoms with Gasteiger partial charge in [-0.05, 0) is 37.1 Å². The number of benzene rings is 1. The first-order chi connectivity index (χ1) is 11.9. The molecule has 1 atom stereocenters. The summed E-state index contributed by atoms with van der Waals surface area (Å²) in [6.07, 6.45) is -0.249. The smallest absolute Gasteiger partial charge is 0.427 e. The molecule has 0 radical (unpaired) electrons. The number of carbonyl (C=O) groups is 3. The number of hydrogen-bond donors (Lipinski definition) is 1. The Morgan fingerprint density at radius 1 is 1.08 bits per heavy atom. The first-order valence-corrected chi connectivity index (χ1v) is 8.38. The zero-order chi connectivity index (χ0) is 18.7. The molecule has 1 N–H and O–H groups in total. The number of amides is 1. The molecule has 0 saturated carbocycles. The molecule has 0 fully saturated rings. The van der Waals surface area contributed by atoms with Crippen LogP contribution >= 0.6 is 11.6 Å². The van der Waals surface area contributed by atoms with Gasteiger partial charge in [0.1, 0.15) is 5.75 Å². The third-order valence-corrected chi connectivity index (χ3v) is 3.15. The van der Waals surface area contributed by atoms with E-state index in [4.69, 9.17) is 25.8 Å². The van der Waals surface area contributed by atoms with Crippen LogP contribution < -0.4 is 39.6 Å². The number of esters is 2. The second-order valence-electron chi connectivity index (χ2n) is 5.17. The van der Waals surface area contributed by atoms with Gasteiger partial charge in [-0.1, -0.05) is 18.5 Å². The Balaban J connectivity index is 0.00000625. The molecule has 7 nitrogen and oxygen atoms in total. The van der Waals surface area contributed by atoms with E-state index in [2.05, 4.69) is 5.32 Å². The molecule has 1 aromatic carbocycles. The van der Waals surface area contributed by atoms with E-state index < -0.39 is 24.3 Å². The van der Waals surface area contributed by atoms with E-state index in [9.17, 15) is 14.4 Å². The monoisotopic (exact) mass is 394 g/mol. The van der Waals surface area contributed by atoms with Gasteiger partial charge >= 0.3 is 47.6 Å². The van der Waals surface area contributed by atoms with Crippen molar-refractivity contribution in [1.29, 1.82) is 0 Å². The molecular formula is C17H22ClNNaO6+. The average Bonchev–Trinajstić information content (AvgIpc) is 2.53. The van der Waals surface area contributed by atoms with Gasteiger partial charge in [-0.2, -0.15) is 0 Å². The van der Waals surface area contributed by atoms with E-state index in [-0.39, 0.29) is 48.9 Å². The summed E-state index contributed by atoms with van der Waals surface area (Å²) in [5.74, 6) is -0.434. The Bertz CT molecular complexity index is 581. The summed E-state index contributed by atoms with van der Waals surface area (Å²) in [7, 11) is 0. The molecule has 0 aliphatic carbocycles. The second kappa shape index (κ2) is 13.9. The summed E-state index contributed by atoms with van der Waals surface area (Å²) < 4.78 is 14.8. The molecule has 1 amide bonds. The Morgan fingerprint density at radius 3 is 2.35 bits per heavy atom. The normalized spacial score (nSPS) is 10.9. The van der Waals surface area contributed by atoms with Gasteiger partial charge in [0.2, 0.25) is 6.29 Å². The van der Waals surface area contributed by atoms with Crippen molar-refractivity contribution in [1.82, 2.24) is 5.32 Å². The van der Waals surface area contributed by atoms with Gasteiger partial charge in [0.15, 0.2) is 0 Å². The molecule has 0 spiro atoms. The van der Waals surface area contributed by atoms with Crippen molar-refractivity contribution in [3.05, 3.63) is 29.3 Å². The van der Waals surface area contributed by atoms with Gasteiger partial charge in [-0.15, -0.1) is 0 Å². The maximum Gasteiger partial charge on any atom is 1.00 e. The summed E-state index contributed by atoms with van der Waals surface area (Å²) in [6.45, 7) is 3.53. The molecule has 1 aromatic rings. The molecule has 1 unspecified atom stereocenters. The predicted molar refractivity (Wildman–Crippen MR) is 91.3 cm³/mol. The van der Waals surface area contributed by atoms with E-state index in [1.54, 1.807) is 24.3 Å². The number of halogens is 1. The molecule has 0 heterocycles. The molecule has 138 valence electrons. The molecule has 9 heteroatoms. The van der Waals surface area contributed by atoms with Crippen molar-refractivity contribution >= 4 is 29.6 Å². The van der Waals surface area contributed by atoms with Crippen LogP contribution in [0, 0.1) is 0 Å². The summed E-state index contributed by atoms with van der Waals surface area (Å²) in [5.41, 5.74) is 0. The quantitative estimate of drug-likeness (QED) is 0.215. The van der Waals surface area contributed by atoms with Crippen LogP contribution in [0.3, 0.4) is 0 Å². The Hall–Kier alpha value is -1.28. The van der Waals surface area contributed by atoms with Crippen molar-refractivity contribution < 1.29 is 58.2 Å². The second-order valence-corrected chi connectivity index (χ2v) is 5.61. The molecule has 0 aromatic heterocycles. The third-order valence-electron chi connectivity index (χ3n) is 2.90. The number of rotatable bonds is 9. The number of hydrogen-bond acceptors (Lipinski definition) is 6. The number of carbonyl (C=O) groups excluding carboxylic acids is 3. The summed E-state index contributed by atoms with van der Waals surface area (Å²) in [6, 6.07) is 6.43. The Morgan fingerprint density at radius 2 is 1.73 bits per heavy atom. The van der Waals surface area contributed by atoms with Crippen LogP contribution in [0.2, 0.25) is 5.02 Å². The fraction of sp³-hybridized carbons (Fsp3) is 0.471.